The quantitative estimate of drug-likeness (QED) is 0.786. The molecular formula is C10H13N3O2S. The first-order chi connectivity index (χ1) is 7.72. The van der Waals surface area contributed by atoms with E-state index in [1.165, 1.54) is 19.7 Å². The molecule has 1 atom stereocenters. The molecule has 1 aromatic rings. The van der Waals surface area contributed by atoms with Gasteiger partial charge in [0.25, 0.3) is 0 Å². The third-order valence-corrected chi connectivity index (χ3v) is 3.83. The van der Waals surface area contributed by atoms with E-state index < -0.39 is 5.97 Å². The fourth-order valence-corrected chi connectivity index (χ4v) is 2.83. The number of nitrogen functional groups attached to an aromatic ring is 1. The molecule has 5 nitrogen and oxygen atoms in total. The summed E-state index contributed by atoms with van der Waals surface area (Å²) in [6, 6.07) is 0. The van der Waals surface area contributed by atoms with E-state index in [1.54, 1.807) is 0 Å². The van der Waals surface area contributed by atoms with Crippen molar-refractivity contribution >= 4 is 23.5 Å². The fraction of sp³-hybridized carbons (Fsp3) is 0.500. The van der Waals surface area contributed by atoms with Gasteiger partial charge < -0.3 is 10.5 Å². The fourth-order valence-electron chi connectivity index (χ4n) is 1.61. The zero-order valence-electron chi connectivity index (χ0n) is 8.97. The van der Waals surface area contributed by atoms with Crippen LogP contribution in [0.5, 0.6) is 0 Å². The molecule has 86 valence electrons. The monoisotopic (exact) mass is 239 g/mol. The van der Waals surface area contributed by atoms with E-state index in [1.807, 2.05) is 11.8 Å². The molecule has 6 heteroatoms. The van der Waals surface area contributed by atoms with Crippen molar-refractivity contribution in [3.8, 4) is 0 Å². The number of carbonyl (C=O) groups excluding carboxylic acids is 1. The van der Waals surface area contributed by atoms with E-state index >= 15 is 0 Å². The van der Waals surface area contributed by atoms with Crippen LogP contribution in [0.3, 0.4) is 0 Å². The summed E-state index contributed by atoms with van der Waals surface area (Å²) in [7, 11) is 1.31. The topological polar surface area (TPSA) is 78.1 Å². The van der Waals surface area contributed by atoms with Crippen LogP contribution < -0.4 is 5.73 Å². The van der Waals surface area contributed by atoms with Crippen LogP contribution in [0.1, 0.15) is 34.3 Å². The van der Waals surface area contributed by atoms with Crippen molar-refractivity contribution in [3.63, 3.8) is 0 Å². The Bertz CT molecular complexity index is 405. The molecule has 0 aliphatic carbocycles. The lowest BCUT2D eigenvalue weighted by Crippen LogP contribution is -2.10. The lowest BCUT2D eigenvalue weighted by molar-refractivity contribution is 0.0601. The van der Waals surface area contributed by atoms with Crippen molar-refractivity contribution in [3.05, 3.63) is 17.6 Å². The standard InChI is InChI=1S/C10H13N3O2S/c1-15-10(14)6-5-12-9(13-8(6)11)7-3-2-4-16-7/h5,7H,2-4H2,1H3,(H2,11,12,13). The third-order valence-electron chi connectivity index (χ3n) is 2.46. The second kappa shape index (κ2) is 4.69. The molecule has 0 amide bonds. The summed E-state index contributed by atoms with van der Waals surface area (Å²) in [6.07, 6.45) is 3.70. The molecular weight excluding hydrogens is 226 g/mol. The van der Waals surface area contributed by atoms with Crippen molar-refractivity contribution in [2.75, 3.05) is 18.6 Å². The van der Waals surface area contributed by atoms with Gasteiger partial charge in [-0.3, -0.25) is 0 Å². The van der Waals surface area contributed by atoms with Gasteiger partial charge in [-0.1, -0.05) is 0 Å². The number of hydrogen-bond donors (Lipinski definition) is 1. The highest BCUT2D eigenvalue weighted by Gasteiger charge is 2.22. The molecule has 1 aliphatic rings. The maximum atomic E-state index is 11.3. The molecule has 1 fully saturated rings. The van der Waals surface area contributed by atoms with Crippen molar-refractivity contribution in [2.24, 2.45) is 0 Å². The van der Waals surface area contributed by atoms with Crippen molar-refractivity contribution in [1.29, 1.82) is 0 Å². The lowest BCUT2D eigenvalue weighted by atomic mass is 10.2. The first-order valence-electron chi connectivity index (χ1n) is 5.04. The van der Waals surface area contributed by atoms with Gasteiger partial charge in [-0.2, -0.15) is 11.8 Å². The molecule has 1 aromatic heterocycles. The van der Waals surface area contributed by atoms with Crippen molar-refractivity contribution in [2.45, 2.75) is 18.1 Å². The Labute approximate surface area is 97.8 Å². The first-order valence-corrected chi connectivity index (χ1v) is 6.09. The van der Waals surface area contributed by atoms with Crippen LogP contribution in [0, 0.1) is 0 Å². The van der Waals surface area contributed by atoms with Gasteiger partial charge in [0.2, 0.25) is 0 Å². The van der Waals surface area contributed by atoms with Crippen LogP contribution >= 0.6 is 11.8 Å². The minimum atomic E-state index is -0.497. The molecule has 2 N–H and O–H groups in total. The van der Waals surface area contributed by atoms with E-state index in [4.69, 9.17) is 5.73 Å². The molecule has 0 spiro atoms. The second-order valence-corrected chi connectivity index (χ2v) is 4.83. The lowest BCUT2D eigenvalue weighted by Gasteiger charge is -2.08. The van der Waals surface area contributed by atoms with Crippen LogP contribution in [0.2, 0.25) is 0 Å². The molecule has 0 aromatic carbocycles. The van der Waals surface area contributed by atoms with Crippen LogP contribution in [0.25, 0.3) is 0 Å². The number of hydrogen-bond acceptors (Lipinski definition) is 6. The molecule has 2 heterocycles. The van der Waals surface area contributed by atoms with Crippen LogP contribution in [0.4, 0.5) is 5.82 Å². The summed E-state index contributed by atoms with van der Waals surface area (Å²) >= 11 is 1.83. The minimum Gasteiger partial charge on any atom is -0.465 e. The van der Waals surface area contributed by atoms with Gasteiger partial charge in [-0.05, 0) is 18.6 Å². The first kappa shape index (κ1) is 11.2. The van der Waals surface area contributed by atoms with E-state index in [0.717, 1.165) is 12.2 Å². The predicted molar refractivity (Wildman–Crippen MR) is 62.2 cm³/mol. The Morgan fingerprint density at radius 3 is 3.06 bits per heavy atom. The second-order valence-electron chi connectivity index (χ2n) is 3.52. The van der Waals surface area contributed by atoms with Gasteiger partial charge in [0.1, 0.15) is 17.2 Å². The molecule has 1 saturated heterocycles. The largest absolute Gasteiger partial charge is 0.465 e. The summed E-state index contributed by atoms with van der Waals surface area (Å²) < 4.78 is 4.58. The Morgan fingerprint density at radius 1 is 1.69 bits per heavy atom. The zero-order chi connectivity index (χ0) is 11.5. The number of methoxy groups -OCH3 is 1. The Morgan fingerprint density at radius 2 is 2.50 bits per heavy atom. The Kier molecular flexibility index (Phi) is 3.28. The Hall–Kier alpha value is -1.30. The van der Waals surface area contributed by atoms with E-state index in [0.29, 0.717) is 11.1 Å². The van der Waals surface area contributed by atoms with Crippen LogP contribution in [-0.2, 0) is 4.74 Å². The van der Waals surface area contributed by atoms with Gasteiger partial charge in [0, 0.05) is 6.20 Å². The summed E-state index contributed by atoms with van der Waals surface area (Å²) in [6.45, 7) is 0. The number of carbonyl (C=O) groups is 1. The summed E-state index contributed by atoms with van der Waals surface area (Å²) in [5.41, 5.74) is 5.94. The Balaban J connectivity index is 2.25. The zero-order valence-corrected chi connectivity index (χ0v) is 9.79. The highest BCUT2D eigenvalue weighted by atomic mass is 32.2. The number of rotatable bonds is 2. The SMILES string of the molecule is COC(=O)c1cnc(C2CCCS2)nc1N. The maximum Gasteiger partial charge on any atom is 0.343 e. The van der Waals surface area contributed by atoms with Gasteiger partial charge >= 0.3 is 5.97 Å². The number of nitrogens with zero attached hydrogens (tertiary/aromatic N) is 2. The maximum absolute atomic E-state index is 11.3. The molecule has 0 saturated carbocycles. The molecule has 2 rings (SSSR count). The highest BCUT2D eigenvalue weighted by molar-refractivity contribution is 7.99. The van der Waals surface area contributed by atoms with E-state index in [9.17, 15) is 4.79 Å². The molecule has 0 radical (unpaired) electrons. The van der Waals surface area contributed by atoms with Gasteiger partial charge in [-0.25, -0.2) is 14.8 Å². The average Bonchev–Trinajstić information content (AvgIpc) is 2.81. The number of ether oxygens (including phenoxy) is 1. The van der Waals surface area contributed by atoms with Gasteiger partial charge in [-0.15, -0.1) is 0 Å². The van der Waals surface area contributed by atoms with E-state index in [2.05, 4.69) is 14.7 Å². The normalized spacial score (nSPS) is 19.7. The molecule has 1 aliphatic heterocycles. The van der Waals surface area contributed by atoms with Crippen molar-refractivity contribution in [1.82, 2.24) is 9.97 Å². The van der Waals surface area contributed by atoms with Gasteiger partial charge in [0.15, 0.2) is 0 Å². The smallest absolute Gasteiger partial charge is 0.343 e. The molecule has 1 unspecified atom stereocenters. The summed E-state index contributed by atoms with van der Waals surface area (Å²) in [4.78, 5) is 19.6. The molecule has 16 heavy (non-hydrogen) atoms. The van der Waals surface area contributed by atoms with Crippen molar-refractivity contribution < 1.29 is 9.53 Å². The number of esters is 1. The average molecular weight is 239 g/mol. The number of anilines is 1. The number of nitrogens with two attached hydrogens (primary N) is 1. The minimum absolute atomic E-state index is 0.198. The van der Waals surface area contributed by atoms with Crippen LogP contribution in [-0.4, -0.2) is 28.8 Å². The number of aromatic nitrogens is 2. The summed E-state index contributed by atoms with van der Waals surface area (Å²) in [5.74, 6) is 1.55. The predicted octanol–water partition coefficient (Wildman–Crippen LogP) is 1.41. The van der Waals surface area contributed by atoms with Crippen LogP contribution in [0.15, 0.2) is 6.20 Å². The molecule has 0 bridgehead atoms. The van der Waals surface area contributed by atoms with Gasteiger partial charge in [0.05, 0.1) is 12.4 Å². The van der Waals surface area contributed by atoms with E-state index in [-0.39, 0.29) is 11.4 Å². The number of thioether (sulfide) groups is 1. The highest BCUT2D eigenvalue weighted by Crippen LogP contribution is 2.38. The summed E-state index contributed by atoms with van der Waals surface area (Å²) in [5, 5.41) is 0.314. The third kappa shape index (κ3) is 2.11.